The van der Waals surface area contributed by atoms with E-state index in [1.165, 1.54) is 36.6 Å². The summed E-state index contributed by atoms with van der Waals surface area (Å²) >= 11 is 1.30. The Balaban J connectivity index is 1.68. The number of non-ortho nitro benzene ring substituents is 1. The Labute approximate surface area is 163 Å². The highest BCUT2D eigenvalue weighted by Gasteiger charge is 2.19. The van der Waals surface area contributed by atoms with Gasteiger partial charge in [-0.3, -0.25) is 14.9 Å². The average molecular weight is 400 g/mol. The lowest BCUT2D eigenvalue weighted by Crippen LogP contribution is -2.21. The number of hydrogen-bond donors (Lipinski definition) is 1. The Morgan fingerprint density at radius 1 is 1.21 bits per heavy atom. The van der Waals surface area contributed by atoms with Gasteiger partial charge >= 0.3 is 5.97 Å². The van der Waals surface area contributed by atoms with Crippen molar-refractivity contribution in [2.24, 2.45) is 0 Å². The van der Waals surface area contributed by atoms with Crippen LogP contribution in [0.2, 0.25) is 0 Å². The van der Waals surface area contributed by atoms with Gasteiger partial charge in [-0.1, -0.05) is 18.2 Å². The fourth-order valence-corrected chi connectivity index (χ4v) is 3.76. The first-order chi connectivity index (χ1) is 13.4. The average Bonchev–Trinajstić information content (AvgIpc) is 3.03. The summed E-state index contributed by atoms with van der Waals surface area (Å²) in [5.74, 6) is -0.976. The van der Waals surface area contributed by atoms with Crippen LogP contribution in [0.25, 0.3) is 10.1 Å². The van der Waals surface area contributed by atoms with Crippen LogP contribution in [-0.2, 0) is 9.53 Å². The number of nitrogens with zero attached hydrogens (tertiary/aromatic N) is 1. The molecule has 0 aliphatic rings. The van der Waals surface area contributed by atoms with Gasteiger partial charge in [0.1, 0.15) is 10.6 Å². The van der Waals surface area contributed by atoms with Crippen molar-refractivity contribution < 1.29 is 24.0 Å². The van der Waals surface area contributed by atoms with E-state index in [0.717, 1.165) is 15.6 Å². The van der Waals surface area contributed by atoms with E-state index in [0.29, 0.717) is 4.88 Å². The second-order valence-corrected chi connectivity index (χ2v) is 6.87. The Morgan fingerprint density at radius 3 is 2.64 bits per heavy atom. The molecule has 0 atom stereocenters. The molecule has 8 nitrogen and oxygen atoms in total. The summed E-state index contributed by atoms with van der Waals surface area (Å²) in [5.41, 5.74) is 0.719. The van der Waals surface area contributed by atoms with Crippen molar-refractivity contribution in [3.05, 3.63) is 63.0 Å². The van der Waals surface area contributed by atoms with Gasteiger partial charge in [-0.2, -0.15) is 0 Å². The molecule has 0 bridgehead atoms. The highest BCUT2D eigenvalue weighted by atomic mass is 32.1. The van der Waals surface area contributed by atoms with Gasteiger partial charge < -0.3 is 14.8 Å². The second kappa shape index (κ2) is 8.05. The van der Waals surface area contributed by atoms with Crippen molar-refractivity contribution in [2.45, 2.75) is 6.92 Å². The highest BCUT2D eigenvalue weighted by molar-refractivity contribution is 7.21. The fourth-order valence-electron chi connectivity index (χ4n) is 2.66. The lowest BCUT2D eigenvalue weighted by atomic mass is 10.1. The van der Waals surface area contributed by atoms with Gasteiger partial charge in [-0.25, -0.2) is 4.79 Å². The van der Waals surface area contributed by atoms with Crippen LogP contribution in [0.3, 0.4) is 0 Å². The quantitative estimate of drug-likeness (QED) is 0.382. The van der Waals surface area contributed by atoms with Crippen LogP contribution >= 0.6 is 11.3 Å². The number of nitrogens with one attached hydrogen (secondary N) is 1. The molecule has 1 amide bonds. The molecule has 0 spiro atoms. The smallest absolute Gasteiger partial charge is 0.349 e. The zero-order chi connectivity index (χ0) is 20.3. The number of esters is 1. The molecule has 9 heteroatoms. The van der Waals surface area contributed by atoms with Crippen LogP contribution in [0.15, 0.2) is 42.5 Å². The third-order valence-electron chi connectivity index (χ3n) is 4.03. The predicted molar refractivity (Wildman–Crippen MR) is 105 cm³/mol. The summed E-state index contributed by atoms with van der Waals surface area (Å²) in [6, 6.07) is 11.4. The van der Waals surface area contributed by atoms with E-state index < -0.39 is 23.4 Å². The standard InChI is InChI=1S/C19H16N2O6S/c1-11-13-5-3-4-6-16(13)28-18(11)19(23)27-10-17(22)20-14-9-12(21(24)25)7-8-15(14)26-2/h3-9H,10H2,1-2H3,(H,20,22). The van der Waals surface area contributed by atoms with Gasteiger partial charge in [0.2, 0.25) is 0 Å². The minimum Gasteiger partial charge on any atom is -0.495 e. The van der Waals surface area contributed by atoms with Gasteiger partial charge in [-0.05, 0) is 30.0 Å². The molecule has 3 aromatic rings. The fraction of sp³-hybridized carbons (Fsp3) is 0.158. The highest BCUT2D eigenvalue weighted by Crippen LogP contribution is 2.31. The number of amides is 1. The molecule has 0 fully saturated rings. The number of rotatable bonds is 6. The number of fused-ring (bicyclic) bond motifs is 1. The largest absolute Gasteiger partial charge is 0.495 e. The van der Waals surface area contributed by atoms with Gasteiger partial charge in [0, 0.05) is 16.8 Å². The minimum absolute atomic E-state index is 0.121. The lowest BCUT2D eigenvalue weighted by Gasteiger charge is -2.10. The number of nitro groups is 1. The number of thiophene rings is 1. The molecule has 2 aromatic carbocycles. The van der Waals surface area contributed by atoms with E-state index in [1.807, 2.05) is 31.2 Å². The van der Waals surface area contributed by atoms with Crippen LogP contribution in [0.5, 0.6) is 5.75 Å². The first-order valence-corrected chi connectivity index (χ1v) is 9.00. The number of nitro benzene ring substituents is 1. The molecule has 0 saturated carbocycles. The van der Waals surface area contributed by atoms with E-state index in [-0.39, 0.29) is 17.1 Å². The zero-order valence-corrected chi connectivity index (χ0v) is 15.9. The Hall–Kier alpha value is -3.46. The monoisotopic (exact) mass is 400 g/mol. The van der Waals surface area contributed by atoms with Crippen molar-refractivity contribution >= 4 is 44.7 Å². The van der Waals surface area contributed by atoms with Crippen LogP contribution < -0.4 is 10.1 Å². The molecule has 1 N–H and O–H groups in total. The number of methoxy groups -OCH3 is 1. The van der Waals surface area contributed by atoms with Crippen molar-refractivity contribution in [1.29, 1.82) is 0 Å². The number of aryl methyl sites for hydroxylation is 1. The summed E-state index contributed by atoms with van der Waals surface area (Å²) in [7, 11) is 1.38. The number of hydrogen-bond acceptors (Lipinski definition) is 7. The van der Waals surface area contributed by atoms with Crippen LogP contribution in [0, 0.1) is 17.0 Å². The SMILES string of the molecule is COc1ccc([N+](=O)[O-])cc1NC(=O)COC(=O)c1sc2ccccc2c1C. The van der Waals surface area contributed by atoms with Crippen LogP contribution in [-0.4, -0.2) is 30.5 Å². The molecular weight excluding hydrogens is 384 g/mol. The van der Waals surface area contributed by atoms with Crippen molar-refractivity contribution in [1.82, 2.24) is 0 Å². The van der Waals surface area contributed by atoms with Crippen LogP contribution in [0.1, 0.15) is 15.2 Å². The maximum atomic E-state index is 12.4. The topological polar surface area (TPSA) is 108 Å². The Bertz CT molecular complexity index is 1080. The number of carbonyl (C=O) groups excluding carboxylic acids is 2. The van der Waals surface area contributed by atoms with E-state index in [9.17, 15) is 19.7 Å². The summed E-state index contributed by atoms with van der Waals surface area (Å²) < 4.78 is 11.1. The molecule has 1 aromatic heterocycles. The first kappa shape index (κ1) is 19.3. The van der Waals surface area contributed by atoms with E-state index in [2.05, 4.69) is 5.32 Å². The second-order valence-electron chi connectivity index (χ2n) is 5.82. The van der Waals surface area contributed by atoms with E-state index in [4.69, 9.17) is 9.47 Å². The maximum Gasteiger partial charge on any atom is 0.349 e. The number of carbonyl (C=O) groups is 2. The molecule has 0 unspecified atom stereocenters. The molecule has 28 heavy (non-hydrogen) atoms. The molecule has 0 aliphatic heterocycles. The number of benzene rings is 2. The molecule has 0 saturated heterocycles. The summed E-state index contributed by atoms with van der Waals surface area (Å²) in [5, 5.41) is 14.3. The third-order valence-corrected chi connectivity index (χ3v) is 5.28. The maximum absolute atomic E-state index is 12.4. The summed E-state index contributed by atoms with van der Waals surface area (Å²) in [6.07, 6.45) is 0. The molecule has 0 aliphatic carbocycles. The van der Waals surface area contributed by atoms with Gasteiger partial charge in [0.25, 0.3) is 11.6 Å². The normalized spacial score (nSPS) is 10.5. The molecule has 0 radical (unpaired) electrons. The van der Waals surface area contributed by atoms with Gasteiger partial charge in [0.05, 0.1) is 17.7 Å². The molecule has 1 heterocycles. The summed E-state index contributed by atoms with van der Waals surface area (Å²) in [4.78, 5) is 35.2. The molecule has 144 valence electrons. The Morgan fingerprint density at radius 2 is 1.96 bits per heavy atom. The van der Waals surface area contributed by atoms with Crippen molar-refractivity contribution in [3.8, 4) is 5.75 Å². The minimum atomic E-state index is -0.633. The first-order valence-electron chi connectivity index (χ1n) is 8.18. The Kier molecular flexibility index (Phi) is 5.55. The van der Waals surface area contributed by atoms with Gasteiger partial charge in [0.15, 0.2) is 6.61 Å². The van der Waals surface area contributed by atoms with Crippen molar-refractivity contribution in [3.63, 3.8) is 0 Å². The zero-order valence-electron chi connectivity index (χ0n) is 15.1. The molecular formula is C19H16N2O6S. The third kappa shape index (κ3) is 3.94. The van der Waals surface area contributed by atoms with Gasteiger partial charge in [-0.15, -0.1) is 11.3 Å². The lowest BCUT2D eigenvalue weighted by molar-refractivity contribution is -0.384. The predicted octanol–water partition coefficient (Wildman–Crippen LogP) is 3.92. The van der Waals surface area contributed by atoms with Crippen molar-refractivity contribution in [2.75, 3.05) is 19.0 Å². The number of anilines is 1. The summed E-state index contributed by atoms with van der Waals surface area (Å²) in [6.45, 7) is 1.29. The van der Waals surface area contributed by atoms with E-state index in [1.54, 1.807) is 0 Å². The molecule has 3 rings (SSSR count). The number of ether oxygens (including phenoxy) is 2. The van der Waals surface area contributed by atoms with E-state index >= 15 is 0 Å². The van der Waals surface area contributed by atoms with Crippen LogP contribution in [0.4, 0.5) is 11.4 Å².